The number of allylic oxidation sites excluding steroid dienone is 4. The zero-order valence-corrected chi connectivity index (χ0v) is 34.0. The topological polar surface area (TPSA) is 3.24 Å². The summed E-state index contributed by atoms with van der Waals surface area (Å²) in [6, 6.07) is 61.9. The van der Waals surface area contributed by atoms with Gasteiger partial charge in [-0.3, -0.25) is 0 Å². The van der Waals surface area contributed by atoms with Crippen LogP contribution < -0.4 is 4.90 Å². The highest BCUT2D eigenvalue weighted by molar-refractivity contribution is 6.01. The minimum absolute atomic E-state index is 0.0166. The lowest BCUT2D eigenvalue weighted by atomic mass is 9.61. The molecule has 0 aliphatic heterocycles. The van der Waals surface area contributed by atoms with Crippen molar-refractivity contribution in [3.63, 3.8) is 0 Å². The average Bonchev–Trinajstić information content (AvgIpc) is 3.73. The first-order valence-corrected chi connectivity index (χ1v) is 21.2. The fraction of sp³-hybridized carbons (Fsp3) is 0.193. The summed E-state index contributed by atoms with van der Waals surface area (Å²) in [6.45, 7) is 9.83. The largest absolute Gasteiger partial charge is 0.310 e. The van der Waals surface area contributed by atoms with Crippen molar-refractivity contribution in [1.29, 1.82) is 0 Å². The maximum atomic E-state index is 2.61. The third kappa shape index (κ3) is 5.02. The van der Waals surface area contributed by atoms with Crippen molar-refractivity contribution < 1.29 is 0 Å². The maximum Gasteiger partial charge on any atom is 0.0722 e. The summed E-state index contributed by atoms with van der Waals surface area (Å²) < 4.78 is 0. The second kappa shape index (κ2) is 12.9. The van der Waals surface area contributed by atoms with Crippen molar-refractivity contribution >= 4 is 22.6 Å². The normalized spacial score (nSPS) is 19.0. The Balaban J connectivity index is 1.26. The van der Waals surface area contributed by atoms with E-state index >= 15 is 0 Å². The minimum atomic E-state index is -0.404. The van der Waals surface area contributed by atoms with Gasteiger partial charge in [-0.1, -0.05) is 167 Å². The predicted octanol–water partition coefficient (Wildman–Crippen LogP) is 15.3. The number of hydrogen-bond donors (Lipinski definition) is 0. The minimum Gasteiger partial charge on any atom is -0.310 e. The van der Waals surface area contributed by atoms with Gasteiger partial charge in [-0.2, -0.15) is 0 Å². The molecule has 1 spiro atoms. The van der Waals surface area contributed by atoms with E-state index in [1.165, 1.54) is 90.0 Å². The van der Waals surface area contributed by atoms with E-state index in [1.54, 1.807) is 0 Å². The van der Waals surface area contributed by atoms with Crippen molar-refractivity contribution in [2.45, 2.75) is 69.6 Å². The zero-order chi connectivity index (χ0) is 39.2. The van der Waals surface area contributed by atoms with E-state index in [2.05, 4.69) is 209 Å². The first kappa shape index (κ1) is 35.0. The van der Waals surface area contributed by atoms with E-state index in [-0.39, 0.29) is 10.8 Å². The van der Waals surface area contributed by atoms with E-state index < -0.39 is 5.41 Å². The molecule has 4 aliphatic rings. The first-order chi connectivity index (χ1) is 28.3. The third-order valence-corrected chi connectivity index (χ3v) is 14.0. The summed E-state index contributed by atoms with van der Waals surface area (Å²) in [7, 11) is 0. The van der Waals surface area contributed by atoms with E-state index in [1.807, 2.05) is 0 Å². The lowest BCUT2D eigenvalue weighted by Gasteiger charge is -2.43. The number of fused-ring (bicyclic) bond motifs is 10. The van der Waals surface area contributed by atoms with Gasteiger partial charge in [0.2, 0.25) is 0 Å². The number of nitrogens with zero attached hydrogens (tertiary/aromatic N) is 1. The molecule has 7 aromatic rings. The van der Waals surface area contributed by atoms with Crippen LogP contribution in [0.3, 0.4) is 0 Å². The molecule has 282 valence electrons. The molecule has 1 heteroatoms. The van der Waals surface area contributed by atoms with Gasteiger partial charge in [-0.05, 0) is 145 Å². The second-order valence-electron chi connectivity index (χ2n) is 18.2. The van der Waals surface area contributed by atoms with Crippen LogP contribution in [0.1, 0.15) is 86.8 Å². The van der Waals surface area contributed by atoms with Gasteiger partial charge in [-0.15, -0.1) is 0 Å². The summed E-state index contributed by atoms with van der Waals surface area (Å²) in [6.07, 6.45) is 9.35. The quantitative estimate of drug-likeness (QED) is 0.169. The molecular formula is C57H49N. The molecule has 1 unspecified atom stereocenters. The summed E-state index contributed by atoms with van der Waals surface area (Å²) in [5.41, 5.74) is 22.5. The molecule has 0 radical (unpaired) electrons. The van der Waals surface area contributed by atoms with Crippen LogP contribution in [0.15, 0.2) is 182 Å². The first-order valence-electron chi connectivity index (χ1n) is 21.2. The summed E-state index contributed by atoms with van der Waals surface area (Å²) in [5, 5.41) is 0. The SMILES string of the molecule is CC1(C)CCC(C)(C)c2c(-c3cc4c(cc3N(c3ccccc3)c3ccc(-c5ccccc5)cc3)C3(C5=C(CCC=C5)c5ccccc53)c3ccccc3-4)cccc21. The fourth-order valence-electron chi connectivity index (χ4n) is 11.2. The summed E-state index contributed by atoms with van der Waals surface area (Å²) >= 11 is 0. The van der Waals surface area contributed by atoms with Crippen molar-refractivity contribution in [2.24, 2.45) is 0 Å². The fourth-order valence-corrected chi connectivity index (χ4v) is 11.2. The van der Waals surface area contributed by atoms with Crippen molar-refractivity contribution in [3.05, 3.63) is 215 Å². The van der Waals surface area contributed by atoms with Gasteiger partial charge in [0.25, 0.3) is 0 Å². The molecule has 1 nitrogen and oxygen atoms in total. The highest BCUT2D eigenvalue weighted by Gasteiger charge is 2.53. The lowest BCUT2D eigenvalue weighted by molar-refractivity contribution is 0.333. The molecule has 0 amide bonds. The maximum absolute atomic E-state index is 2.61. The molecule has 0 bridgehead atoms. The number of hydrogen-bond acceptors (Lipinski definition) is 1. The molecule has 7 aromatic carbocycles. The molecule has 0 fully saturated rings. The van der Waals surface area contributed by atoms with Crippen LogP contribution in [0.25, 0.3) is 39.0 Å². The Labute approximate surface area is 344 Å². The summed E-state index contributed by atoms with van der Waals surface area (Å²) in [5.74, 6) is 0. The van der Waals surface area contributed by atoms with Gasteiger partial charge in [0, 0.05) is 16.9 Å². The van der Waals surface area contributed by atoms with Gasteiger partial charge >= 0.3 is 0 Å². The third-order valence-electron chi connectivity index (χ3n) is 14.0. The van der Waals surface area contributed by atoms with Gasteiger partial charge < -0.3 is 4.90 Å². The number of benzene rings is 7. The van der Waals surface area contributed by atoms with E-state index in [0.29, 0.717) is 0 Å². The van der Waals surface area contributed by atoms with Gasteiger partial charge in [-0.25, -0.2) is 0 Å². The Morgan fingerprint density at radius 1 is 0.448 bits per heavy atom. The standard InChI is InChI=1S/C57H49N/c1-55(2)34-35-56(3,4)54-45(25-17-29-51(54)55)47-36-46-44-24-13-16-28-50(44)57(48-26-14-11-22-42(48)43-23-12-15-27-49(43)57)52(46)37-53(47)58(40-20-9-6-10-21-40)41-32-30-39(31-33-41)38-18-7-5-8-19-38/h5-11,13-22,24-33,36-37H,12,23,34-35H2,1-4H3. The van der Waals surface area contributed by atoms with Crippen molar-refractivity contribution in [3.8, 4) is 33.4 Å². The Morgan fingerprint density at radius 3 is 1.79 bits per heavy atom. The molecule has 0 saturated carbocycles. The highest BCUT2D eigenvalue weighted by Crippen LogP contribution is 2.65. The molecule has 0 saturated heterocycles. The van der Waals surface area contributed by atoms with E-state index in [9.17, 15) is 0 Å². The molecule has 0 heterocycles. The molecule has 1 atom stereocenters. The van der Waals surface area contributed by atoms with E-state index in [0.717, 1.165) is 30.6 Å². The van der Waals surface area contributed by atoms with E-state index in [4.69, 9.17) is 0 Å². The van der Waals surface area contributed by atoms with Crippen LogP contribution in [-0.4, -0.2) is 0 Å². The van der Waals surface area contributed by atoms with Gasteiger partial charge in [0.1, 0.15) is 0 Å². The van der Waals surface area contributed by atoms with Crippen LogP contribution in [0, 0.1) is 0 Å². The van der Waals surface area contributed by atoms with Crippen LogP contribution >= 0.6 is 0 Å². The van der Waals surface area contributed by atoms with Gasteiger partial charge in [0.15, 0.2) is 0 Å². The zero-order valence-electron chi connectivity index (χ0n) is 34.0. The number of para-hydroxylation sites is 1. The average molecular weight is 748 g/mol. The molecular weight excluding hydrogens is 699 g/mol. The van der Waals surface area contributed by atoms with Gasteiger partial charge in [0.05, 0.1) is 11.1 Å². The Kier molecular flexibility index (Phi) is 7.80. The van der Waals surface area contributed by atoms with Crippen molar-refractivity contribution in [1.82, 2.24) is 0 Å². The molecule has 0 aromatic heterocycles. The summed E-state index contributed by atoms with van der Waals surface area (Å²) in [4.78, 5) is 2.54. The highest BCUT2D eigenvalue weighted by atomic mass is 15.1. The van der Waals surface area contributed by atoms with Crippen LogP contribution in [0.5, 0.6) is 0 Å². The Hall–Kier alpha value is -6.18. The van der Waals surface area contributed by atoms with Crippen LogP contribution in [0.2, 0.25) is 0 Å². The van der Waals surface area contributed by atoms with Crippen LogP contribution in [-0.2, 0) is 16.2 Å². The molecule has 58 heavy (non-hydrogen) atoms. The van der Waals surface area contributed by atoms with Crippen molar-refractivity contribution in [2.75, 3.05) is 4.90 Å². The molecule has 4 aliphatic carbocycles. The second-order valence-corrected chi connectivity index (χ2v) is 18.2. The monoisotopic (exact) mass is 747 g/mol. The van der Waals surface area contributed by atoms with Crippen LogP contribution in [0.4, 0.5) is 17.1 Å². The number of rotatable bonds is 5. The smallest absolute Gasteiger partial charge is 0.0722 e. The molecule has 0 N–H and O–H groups in total. The molecule has 11 rings (SSSR count). The Bertz CT molecular complexity index is 2820. The predicted molar refractivity (Wildman–Crippen MR) is 244 cm³/mol. The lowest BCUT2D eigenvalue weighted by Crippen LogP contribution is -2.34. The Morgan fingerprint density at radius 2 is 1.03 bits per heavy atom. The number of anilines is 3.